The summed E-state index contributed by atoms with van der Waals surface area (Å²) in [5.41, 5.74) is 1.60. The van der Waals surface area contributed by atoms with Gasteiger partial charge in [0, 0.05) is 0 Å². The average molecular weight is 208 g/mol. The second-order valence-electron chi connectivity index (χ2n) is 8.07. The van der Waals surface area contributed by atoms with Gasteiger partial charge in [-0.25, -0.2) is 0 Å². The Hall–Kier alpha value is 0. The quantitative estimate of drug-likeness (QED) is 0.539. The first-order valence-corrected chi connectivity index (χ1v) is 6.61. The maximum Gasteiger partial charge on any atom is -0.0241 e. The van der Waals surface area contributed by atoms with Crippen molar-refractivity contribution >= 4 is 0 Å². The van der Waals surface area contributed by atoms with Crippen LogP contribution in [0.4, 0.5) is 0 Å². The molecule has 0 aromatic carbocycles. The zero-order valence-corrected chi connectivity index (χ0v) is 11.6. The molecule has 3 aliphatic carbocycles. The molecule has 0 aromatic rings. The summed E-state index contributed by atoms with van der Waals surface area (Å²) in [4.78, 5) is 0. The van der Waals surface area contributed by atoms with Crippen LogP contribution in [0, 0.1) is 34.0 Å². The molecule has 0 radical (unpaired) electrons. The smallest absolute Gasteiger partial charge is 0.0241 e. The van der Waals surface area contributed by atoms with E-state index in [1.165, 1.54) is 12.8 Å². The summed E-state index contributed by atoms with van der Waals surface area (Å²) in [7, 11) is 0. The molecule has 0 nitrogen and oxygen atoms in total. The van der Waals surface area contributed by atoms with Gasteiger partial charge in [-0.3, -0.25) is 0 Å². The van der Waals surface area contributed by atoms with Crippen molar-refractivity contribution in [1.29, 1.82) is 0 Å². The van der Waals surface area contributed by atoms with Gasteiger partial charge in [-0.05, 0) is 46.8 Å². The highest BCUT2D eigenvalue weighted by atomic mass is 14.7. The second-order valence-corrected chi connectivity index (χ2v) is 8.07. The normalized spacial score (nSPS) is 48.6. The Balaban J connectivity index is 2.36. The molecule has 0 heterocycles. The van der Waals surface area contributed by atoms with Gasteiger partial charge >= 0.3 is 0 Å². The number of fused-ring (bicyclic) bond motifs is 2. The van der Waals surface area contributed by atoms with Crippen LogP contribution in [0.3, 0.4) is 0 Å². The van der Waals surface area contributed by atoms with Gasteiger partial charge in [0.15, 0.2) is 0 Å². The third-order valence-corrected chi connectivity index (χ3v) is 6.26. The first-order valence-electron chi connectivity index (χ1n) is 6.61. The highest BCUT2D eigenvalue weighted by molar-refractivity contribution is 5.12. The largest absolute Gasteiger partial charge is 0.0622 e. The predicted octanol–water partition coefficient (Wildman–Crippen LogP) is 4.74. The Labute approximate surface area is 95.8 Å². The third-order valence-electron chi connectivity index (χ3n) is 6.26. The Morgan fingerprint density at radius 3 is 1.93 bits per heavy atom. The lowest BCUT2D eigenvalue weighted by Crippen LogP contribution is -2.63. The van der Waals surface area contributed by atoms with Gasteiger partial charge in [0.1, 0.15) is 0 Å². The lowest BCUT2D eigenvalue weighted by molar-refractivity contribution is -0.213. The van der Waals surface area contributed by atoms with Crippen molar-refractivity contribution in [1.82, 2.24) is 0 Å². The molecule has 3 fully saturated rings. The van der Waals surface area contributed by atoms with Crippen LogP contribution in [0.2, 0.25) is 0 Å². The minimum atomic E-state index is 0.453. The van der Waals surface area contributed by atoms with Crippen molar-refractivity contribution < 1.29 is 0 Å². The molecule has 3 rings (SSSR count). The fourth-order valence-electron chi connectivity index (χ4n) is 4.79. The summed E-state index contributed by atoms with van der Waals surface area (Å²) in [5.74, 6) is 2.87. The van der Waals surface area contributed by atoms with Gasteiger partial charge in [-0.1, -0.05) is 48.5 Å². The summed E-state index contributed by atoms with van der Waals surface area (Å²) in [6.07, 6.45) is 2.93. The summed E-state index contributed by atoms with van der Waals surface area (Å²) < 4.78 is 0. The lowest BCUT2D eigenvalue weighted by atomic mass is 9.35. The fourth-order valence-corrected chi connectivity index (χ4v) is 4.79. The van der Waals surface area contributed by atoms with Crippen molar-refractivity contribution in [2.75, 3.05) is 0 Å². The molecule has 0 amide bonds. The van der Waals surface area contributed by atoms with Crippen molar-refractivity contribution in [3.63, 3.8) is 0 Å². The molecule has 0 aromatic heterocycles. The first-order chi connectivity index (χ1) is 6.61. The summed E-state index contributed by atoms with van der Waals surface area (Å²) in [6, 6.07) is 0. The summed E-state index contributed by atoms with van der Waals surface area (Å²) in [6.45, 7) is 17.4. The van der Waals surface area contributed by atoms with E-state index in [4.69, 9.17) is 0 Å². The standard InChI is InChI=1S/C15H28/c1-10-9-15(7,13(2,3)4)12-8-11(10)14(12,5)6/h10-12H,8-9H2,1-7H3. The van der Waals surface area contributed by atoms with Gasteiger partial charge in [0.25, 0.3) is 0 Å². The molecule has 0 heteroatoms. The van der Waals surface area contributed by atoms with E-state index in [0.29, 0.717) is 16.2 Å². The summed E-state index contributed by atoms with van der Waals surface area (Å²) >= 11 is 0. The van der Waals surface area contributed by atoms with E-state index in [0.717, 1.165) is 17.8 Å². The Morgan fingerprint density at radius 1 is 1.07 bits per heavy atom. The van der Waals surface area contributed by atoms with Gasteiger partial charge in [-0.2, -0.15) is 0 Å². The molecule has 15 heavy (non-hydrogen) atoms. The molecule has 3 saturated carbocycles. The van der Waals surface area contributed by atoms with Crippen LogP contribution in [0.5, 0.6) is 0 Å². The molecule has 2 bridgehead atoms. The number of hydrogen-bond donors (Lipinski definition) is 0. The van der Waals surface area contributed by atoms with E-state index in [1.807, 2.05) is 0 Å². The van der Waals surface area contributed by atoms with Crippen LogP contribution in [-0.2, 0) is 0 Å². The van der Waals surface area contributed by atoms with E-state index in [1.54, 1.807) is 0 Å². The molecule has 0 spiro atoms. The number of hydrogen-bond acceptors (Lipinski definition) is 0. The maximum absolute atomic E-state index is 2.55. The molecule has 4 atom stereocenters. The Morgan fingerprint density at radius 2 is 1.60 bits per heavy atom. The Bertz CT molecular complexity index is 268. The minimum Gasteiger partial charge on any atom is -0.0622 e. The van der Waals surface area contributed by atoms with Crippen LogP contribution in [-0.4, -0.2) is 0 Å². The highest BCUT2D eigenvalue weighted by Crippen LogP contribution is 2.71. The lowest BCUT2D eigenvalue weighted by Gasteiger charge is -2.70. The average Bonchev–Trinajstić information content (AvgIpc) is 1.99. The van der Waals surface area contributed by atoms with Crippen molar-refractivity contribution in [2.24, 2.45) is 34.0 Å². The summed E-state index contributed by atoms with van der Waals surface area (Å²) in [5, 5.41) is 0. The zero-order valence-electron chi connectivity index (χ0n) is 11.6. The molecule has 3 aliphatic rings. The molecular formula is C15H28. The second kappa shape index (κ2) is 2.81. The first kappa shape index (κ1) is 11.5. The van der Waals surface area contributed by atoms with E-state index in [9.17, 15) is 0 Å². The predicted molar refractivity (Wildman–Crippen MR) is 66.7 cm³/mol. The SMILES string of the molecule is CC1CC(C)(C(C)(C)C)C2CC1C2(C)C. The van der Waals surface area contributed by atoms with Crippen molar-refractivity contribution in [3.05, 3.63) is 0 Å². The third kappa shape index (κ3) is 1.26. The topological polar surface area (TPSA) is 0 Å². The van der Waals surface area contributed by atoms with Crippen LogP contribution in [0.25, 0.3) is 0 Å². The molecule has 0 N–H and O–H groups in total. The van der Waals surface area contributed by atoms with Crippen molar-refractivity contribution in [3.8, 4) is 0 Å². The van der Waals surface area contributed by atoms with E-state index in [2.05, 4.69) is 48.5 Å². The van der Waals surface area contributed by atoms with Crippen LogP contribution >= 0.6 is 0 Å². The Kier molecular flexibility index (Phi) is 2.15. The van der Waals surface area contributed by atoms with Crippen molar-refractivity contribution in [2.45, 2.75) is 61.3 Å². The maximum atomic E-state index is 2.55. The minimum absolute atomic E-state index is 0.453. The van der Waals surface area contributed by atoms with Gasteiger partial charge < -0.3 is 0 Å². The number of rotatable bonds is 0. The van der Waals surface area contributed by atoms with Crippen LogP contribution in [0.1, 0.15) is 61.3 Å². The fraction of sp³-hybridized carbons (Fsp3) is 1.00. The monoisotopic (exact) mass is 208 g/mol. The van der Waals surface area contributed by atoms with E-state index < -0.39 is 0 Å². The van der Waals surface area contributed by atoms with E-state index >= 15 is 0 Å². The zero-order chi connectivity index (χ0) is 11.6. The van der Waals surface area contributed by atoms with Crippen LogP contribution < -0.4 is 0 Å². The molecular weight excluding hydrogens is 180 g/mol. The molecule has 0 saturated heterocycles. The molecule has 88 valence electrons. The van der Waals surface area contributed by atoms with Crippen LogP contribution in [0.15, 0.2) is 0 Å². The van der Waals surface area contributed by atoms with Gasteiger partial charge in [0.2, 0.25) is 0 Å². The highest BCUT2D eigenvalue weighted by Gasteiger charge is 2.64. The van der Waals surface area contributed by atoms with E-state index in [-0.39, 0.29) is 0 Å². The van der Waals surface area contributed by atoms with Gasteiger partial charge in [-0.15, -0.1) is 0 Å². The molecule has 4 unspecified atom stereocenters. The van der Waals surface area contributed by atoms with Gasteiger partial charge in [0.05, 0.1) is 0 Å². The molecule has 0 aliphatic heterocycles.